The lowest BCUT2D eigenvalue weighted by Crippen LogP contribution is -2.28. The Morgan fingerprint density at radius 2 is 2.00 bits per heavy atom. The number of aromatic nitrogens is 3. The van der Waals surface area contributed by atoms with Crippen LogP contribution in [-0.4, -0.2) is 65.0 Å². The van der Waals surface area contributed by atoms with E-state index in [1.54, 1.807) is 18.0 Å². The summed E-state index contributed by atoms with van der Waals surface area (Å²) in [5.74, 6) is 1.38. The van der Waals surface area contributed by atoms with E-state index < -0.39 is 0 Å². The predicted molar refractivity (Wildman–Crippen MR) is 157 cm³/mol. The molecule has 0 saturated carbocycles. The van der Waals surface area contributed by atoms with Gasteiger partial charge in [0.2, 0.25) is 0 Å². The summed E-state index contributed by atoms with van der Waals surface area (Å²) >= 11 is 1.64. The van der Waals surface area contributed by atoms with Crippen LogP contribution in [-0.2, 0) is 6.54 Å². The standard InChI is InChI=1S/C30H34N6O2S/c1-20-6-7-22(14-28(20)39-2)30(38)33-18-24-15-27-23(17-32-24)8-9-26(34-27)25-4-3-5-29(35-25)36-12-10-21(19-36)16-31-11-13-37/h3-9,14-15,17,21,31,37H,10-13,16,18-19H2,1-2H3,(H,33,38). The molecule has 1 fully saturated rings. The zero-order valence-corrected chi connectivity index (χ0v) is 23.2. The van der Waals surface area contributed by atoms with Crippen LogP contribution in [0.2, 0.25) is 0 Å². The quantitative estimate of drug-likeness (QED) is 0.204. The van der Waals surface area contributed by atoms with Crippen molar-refractivity contribution in [1.29, 1.82) is 0 Å². The van der Waals surface area contributed by atoms with E-state index in [0.717, 1.165) is 70.3 Å². The maximum atomic E-state index is 12.7. The SMILES string of the molecule is CSc1cc(C(=O)NCc2cc3nc(-c4cccc(N5CCC(CNCCO)C5)n4)ccc3cn2)ccc1C. The lowest BCUT2D eigenvalue weighted by atomic mass is 10.1. The molecule has 5 rings (SSSR count). The number of pyridine rings is 3. The van der Waals surface area contributed by atoms with Gasteiger partial charge in [0.1, 0.15) is 5.82 Å². The summed E-state index contributed by atoms with van der Waals surface area (Å²) in [6, 6.07) is 17.7. The van der Waals surface area contributed by atoms with Gasteiger partial charge in [0.25, 0.3) is 5.91 Å². The molecule has 1 atom stereocenters. The first-order valence-electron chi connectivity index (χ1n) is 13.3. The Labute approximate surface area is 233 Å². The third-order valence-corrected chi connectivity index (χ3v) is 7.94. The minimum absolute atomic E-state index is 0.122. The van der Waals surface area contributed by atoms with Crippen LogP contribution in [0.5, 0.6) is 0 Å². The molecule has 1 saturated heterocycles. The van der Waals surface area contributed by atoms with Crippen molar-refractivity contribution < 1.29 is 9.90 Å². The largest absolute Gasteiger partial charge is 0.395 e. The van der Waals surface area contributed by atoms with E-state index in [1.807, 2.05) is 61.7 Å². The molecule has 1 unspecified atom stereocenters. The van der Waals surface area contributed by atoms with Gasteiger partial charge in [-0.25, -0.2) is 9.97 Å². The van der Waals surface area contributed by atoms with E-state index in [0.29, 0.717) is 24.6 Å². The molecule has 3 N–H and O–H groups in total. The number of hydrogen-bond donors (Lipinski definition) is 3. The third kappa shape index (κ3) is 6.55. The summed E-state index contributed by atoms with van der Waals surface area (Å²) in [6.45, 7) is 5.98. The van der Waals surface area contributed by atoms with Crippen LogP contribution in [0.1, 0.15) is 28.0 Å². The van der Waals surface area contributed by atoms with Crippen LogP contribution in [0.25, 0.3) is 22.3 Å². The second kappa shape index (κ2) is 12.5. The molecule has 39 heavy (non-hydrogen) atoms. The van der Waals surface area contributed by atoms with Gasteiger partial charge >= 0.3 is 0 Å². The van der Waals surface area contributed by atoms with Crippen LogP contribution in [0.4, 0.5) is 5.82 Å². The molecule has 4 aromatic rings. The minimum atomic E-state index is -0.122. The average molecular weight is 543 g/mol. The number of thioether (sulfide) groups is 1. The molecule has 1 aromatic carbocycles. The fourth-order valence-corrected chi connectivity index (χ4v) is 5.50. The van der Waals surface area contributed by atoms with Crippen molar-refractivity contribution in [3.05, 3.63) is 77.6 Å². The first-order chi connectivity index (χ1) is 19.0. The van der Waals surface area contributed by atoms with Crippen LogP contribution in [0.3, 0.4) is 0 Å². The van der Waals surface area contributed by atoms with Gasteiger partial charge in [-0.2, -0.15) is 0 Å². The highest BCUT2D eigenvalue weighted by atomic mass is 32.2. The number of carbonyl (C=O) groups is 1. The molecular weight excluding hydrogens is 508 g/mol. The number of aliphatic hydroxyl groups is 1. The summed E-state index contributed by atoms with van der Waals surface area (Å²) < 4.78 is 0. The fraction of sp³-hybridized carbons (Fsp3) is 0.333. The summed E-state index contributed by atoms with van der Waals surface area (Å²) in [5.41, 5.74) is 4.99. The van der Waals surface area contributed by atoms with E-state index in [9.17, 15) is 4.79 Å². The molecule has 0 bridgehead atoms. The van der Waals surface area contributed by atoms with E-state index in [-0.39, 0.29) is 12.5 Å². The van der Waals surface area contributed by atoms with Crippen molar-refractivity contribution in [3.63, 3.8) is 0 Å². The third-order valence-electron chi connectivity index (χ3n) is 7.06. The molecule has 0 aliphatic carbocycles. The van der Waals surface area contributed by atoms with Gasteiger partial charge < -0.3 is 20.6 Å². The van der Waals surface area contributed by atoms with E-state index in [4.69, 9.17) is 15.1 Å². The van der Waals surface area contributed by atoms with Gasteiger partial charge in [-0.3, -0.25) is 9.78 Å². The monoisotopic (exact) mass is 542 g/mol. The van der Waals surface area contributed by atoms with Crippen LogP contribution in [0.15, 0.2) is 65.7 Å². The highest BCUT2D eigenvalue weighted by Gasteiger charge is 2.23. The number of rotatable bonds is 10. The molecule has 9 heteroatoms. The van der Waals surface area contributed by atoms with Crippen LogP contribution < -0.4 is 15.5 Å². The van der Waals surface area contributed by atoms with Crippen molar-refractivity contribution in [1.82, 2.24) is 25.6 Å². The minimum Gasteiger partial charge on any atom is -0.395 e. The highest BCUT2D eigenvalue weighted by molar-refractivity contribution is 7.98. The zero-order chi connectivity index (χ0) is 27.2. The number of carbonyl (C=O) groups excluding carboxylic acids is 1. The van der Waals surface area contributed by atoms with Gasteiger partial charge in [0.05, 0.1) is 35.8 Å². The smallest absolute Gasteiger partial charge is 0.251 e. The van der Waals surface area contributed by atoms with Crippen LogP contribution >= 0.6 is 11.8 Å². The van der Waals surface area contributed by atoms with Crippen molar-refractivity contribution in [2.24, 2.45) is 5.92 Å². The van der Waals surface area contributed by atoms with Crippen molar-refractivity contribution in [2.45, 2.75) is 24.8 Å². The molecule has 3 aromatic heterocycles. The lowest BCUT2D eigenvalue weighted by molar-refractivity contribution is 0.0950. The highest BCUT2D eigenvalue weighted by Crippen LogP contribution is 2.26. The number of benzene rings is 1. The fourth-order valence-electron chi connectivity index (χ4n) is 4.87. The van der Waals surface area contributed by atoms with E-state index in [2.05, 4.69) is 26.6 Å². The predicted octanol–water partition coefficient (Wildman–Crippen LogP) is 4.06. The maximum Gasteiger partial charge on any atom is 0.251 e. The van der Waals surface area contributed by atoms with Crippen LogP contribution in [0, 0.1) is 12.8 Å². The number of fused-ring (bicyclic) bond motifs is 1. The Kier molecular flexibility index (Phi) is 8.71. The van der Waals surface area contributed by atoms with Gasteiger partial charge in [-0.1, -0.05) is 12.1 Å². The number of anilines is 1. The van der Waals surface area contributed by atoms with Gasteiger partial charge in [0.15, 0.2) is 0 Å². The molecule has 4 heterocycles. The number of aryl methyl sites for hydroxylation is 1. The zero-order valence-electron chi connectivity index (χ0n) is 22.4. The molecular formula is C30H34N6O2S. The average Bonchev–Trinajstić information content (AvgIpc) is 3.45. The Morgan fingerprint density at radius 1 is 1.13 bits per heavy atom. The molecule has 8 nitrogen and oxygen atoms in total. The summed E-state index contributed by atoms with van der Waals surface area (Å²) in [4.78, 5) is 30.5. The number of nitrogens with one attached hydrogen (secondary N) is 2. The summed E-state index contributed by atoms with van der Waals surface area (Å²) in [6.07, 6.45) is 4.91. The van der Waals surface area contributed by atoms with E-state index in [1.165, 1.54) is 0 Å². The first kappa shape index (κ1) is 27.1. The summed E-state index contributed by atoms with van der Waals surface area (Å²) in [5, 5.41) is 16.2. The number of hydrogen-bond acceptors (Lipinski definition) is 8. The number of aliphatic hydroxyl groups excluding tert-OH is 1. The van der Waals surface area contributed by atoms with Crippen molar-refractivity contribution in [3.8, 4) is 11.4 Å². The number of nitrogens with zero attached hydrogens (tertiary/aromatic N) is 4. The maximum absolute atomic E-state index is 12.7. The van der Waals surface area contributed by atoms with Gasteiger partial charge in [0, 0.05) is 41.7 Å². The Morgan fingerprint density at radius 3 is 2.85 bits per heavy atom. The van der Waals surface area contributed by atoms with Gasteiger partial charge in [-0.05, 0) is 80.1 Å². The second-order valence-corrected chi connectivity index (χ2v) is 10.7. The Balaban J connectivity index is 1.28. The normalized spacial score (nSPS) is 15.2. The first-order valence-corrected chi connectivity index (χ1v) is 14.5. The summed E-state index contributed by atoms with van der Waals surface area (Å²) in [7, 11) is 0. The lowest BCUT2D eigenvalue weighted by Gasteiger charge is -2.18. The second-order valence-electron chi connectivity index (χ2n) is 9.84. The molecule has 1 aliphatic heterocycles. The number of amides is 1. The molecule has 1 aliphatic rings. The van der Waals surface area contributed by atoms with Gasteiger partial charge in [-0.15, -0.1) is 11.8 Å². The van der Waals surface area contributed by atoms with Crippen molar-refractivity contribution >= 4 is 34.4 Å². The molecule has 1 amide bonds. The Bertz CT molecular complexity index is 1460. The molecule has 202 valence electrons. The van der Waals surface area contributed by atoms with Crippen molar-refractivity contribution in [2.75, 3.05) is 43.9 Å². The van der Waals surface area contributed by atoms with E-state index >= 15 is 0 Å². The molecule has 0 spiro atoms. The molecule has 0 radical (unpaired) electrons. The topological polar surface area (TPSA) is 103 Å². The Hall–Kier alpha value is -3.53.